The van der Waals surface area contributed by atoms with Gasteiger partial charge in [-0.15, -0.1) is 0 Å². The van der Waals surface area contributed by atoms with Crippen LogP contribution in [-0.4, -0.2) is 209 Å². The van der Waals surface area contributed by atoms with E-state index in [0.717, 1.165) is 24.5 Å². The van der Waals surface area contributed by atoms with Crippen LogP contribution in [0.4, 0.5) is 0 Å². The number of hydrogen-bond acceptors (Lipinski definition) is 25. The summed E-state index contributed by atoms with van der Waals surface area (Å²) in [6.45, 7) is -0.377. The average molecular weight is 1020 g/mol. The van der Waals surface area contributed by atoms with E-state index in [1.165, 1.54) is 36.4 Å². The number of hydrogen-bond donors (Lipinski definition) is 13. The Bertz CT molecular complexity index is 2270. The molecule has 4 heterocycles. The van der Waals surface area contributed by atoms with Gasteiger partial charge in [0.25, 0.3) is 0 Å². The van der Waals surface area contributed by atoms with Gasteiger partial charge in [-0.25, -0.2) is 14.4 Å². The highest BCUT2D eigenvalue weighted by Gasteiger charge is 2.55. The Balaban J connectivity index is 0.906. The fourth-order valence-corrected chi connectivity index (χ4v) is 8.80. The Morgan fingerprint density at radius 3 is 1.79 bits per heavy atom. The highest BCUT2D eigenvalue weighted by Crippen LogP contribution is 2.48. The Morgan fingerprint density at radius 1 is 0.653 bits per heavy atom. The zero-order valence-corrected chi connectivity index (χ0v) is 37.9. The van der Waals surface area contributed by atoms with Gasteiger partial charge < -0.3 is 104 Å². The number of aliphatic hydroxyl groups is 11. The summed E-state index contributed by atoms with van der Waals surface area (Å²) in [7, 11) is 0. The third-order valence-corrected chi connectivity index (χ3v) is 12.9. The SMILES string of the molecule is C[C@@H]1[C@H]2[C@H](O[C@@H]3O[C@H](COOC(=O)/C=C/c4ccc(O[C@@H]5O[C@H](CO)[C@@H](O)[C@H](O)[C@H]5O)c(O)c4)[C@@H](O)[C@H](O)[C@H]3O)OC=C(C(=O)O)[C@H]2C[C@@H]1OC(=O)/C=C/c1ccc(O[C@@H]2O[C@H](CO)[C@@H](O)[C@H](O)[C@H]2O)cc1. The number of esters is 1. The second-order valence-corrected chi connectivity index (χ2v) is 17.6. The van der Waals surface area contributed by atoms with Crippen LogP contribution in [0.25, 0.3) is 12.2 Å². The van der Waals surface area contributed by atoms with E-state index in [4.69, 9.17) is 47.7 Å². The topological polar surface area (TPSA) is 407 Å². The monoisotopic (exact) mass is 1020 g/mol. The lowest BCUT2D eigenvalue weighted by Crippen LogP contribution is -2.60. The number of carboxylic acids is 1. The second kappa shape index (κ2) is 23.7. The molecule has 1 saturated carbocycles. The summed E-state index contributed by atoms with van der Waals surface area (Å²) in [5.74, 6) is -5.97. The van der Waals surface area contributed by atoms with Gasteiger partial charge in [0.05, 0.1) is 25.0 Å². The van der Waals surface area contributed by atoms with Crippen LogP contribution < -0.4 is 9.47 Å². The van der Waals surface area contributed by atoms with Crippen molar-refractivity contribution in [2.24, 2.45) is 17.8 Å². The summed E-state index contributed by atoms with van der Waals surface area (Å²) in [6.07, 6.45) is -20.7. The van der Waals surface area contributed by atoms with Gasteiger partial charge in [0.1, 0.15) is 91.7 Å². The van der Waals surface area contributed by atoms with Gasteiger partial charge in [-0.2, -0.15) is 4.89 Å². The minimum Gasteiger partial charge on any atom is -0.504 e. The largest absolute Gasteiger partial charge is 0.504 e. The van der Waals surface area contributed by atoms with Crippen molar-refractivity contribution < 1.29 is 128 Å². The van der Waals surface area contributed by atoms with Gasteiger partial charge in [-0.05, 0) is 54.0 Å². The minimum atomic E-state index is -1.90. The van der Waals surface area contributed by atoms with Gasteiger partial charge in [0.15, 0.2) is 17.8 Å². The smallest absolute Gasteiger partial charge is 0.365 e. The highest BCUT2D eigenvalue weighted by atomic mass is 17.2. The van der Waals surface area contributed by atoms with Crippen LogP contribution in [0.3, 0.4) is 0 Å². The van der Waals surface area contributed by atoms with Crippen molar-refractivity contribution in [2.75, 3.05) is 19.8 Å². The predicted octanol–water partition coefficient (Wildman–Crippen LogP) is -3.72. The van der Waals surface area contributed by atoms with Crippen molar-refractivity contribution in [3.8, 4) is 17.2 Å². The van der Waals surface area contributed by atoms with E-state index >= 15 is 0 Å². The molecule has 26 heteroatoms. The molecule has 4 aliphatic heterocycles. The molecule has 2 aromatic rings. The molecule has 72 heavy (non-hydrogen) atoms. The van der Waals surface area contributed by atoms with Crippen molar-refractivity contribution in [1.82, 2.24) is 0 Å². The highest BCUT2D eigenvalue weighted by molar-refractivity contribution is 5.88. The number of carbonyl (C=O) groups is 3. The maximum absolute atomic E-state index is 13.1. The van der Waals surface area contributed by atoms with E-state index in [1.807, 2.05) is 0 Å². The van der Waals surface area contributed by atoms with Gasteiger partial charge in [-0.3, -0.25) is 4.89 Å². The van der Waals surface area contributed by atoms with Crippen LogP contribution in [0.2, 0.25) is 0 Å². The normalized spacial score (nSPS) is 37.9. The number of carbonyl (C=O) groups excluding carboxylic acids is 2. The number of benzene rings is 2. The average Bonchev–Trinajstić information content (AvgIpc) is 3.69. The molecule has 0 aromatic heterocycles. The van der Waals surface area contributed by atoms with Gasteiger partial charge in [0, 0.05) is 29.9 Å². The fourth-order valence-electron chi connectivity index (χ4n) is 8.80. The van der Waals surface area contributed by atoms with Crippen LogP contribution in [0, 0.1) is 17.8 Å². The molecular weight excluding hydrogens is 968 g/mol. The molecule has 13 N–H and O–H groups in total. The van der Waals surface area contributed by atoms with Gasteiger partial charge >= 0.3 is 17.9 Å². The number of aliphatic carboxylic acids is 1. The number of phenolic OH excluding ortho intramolecular Hbond substituents is 1. The van der Waals surface area contributed by atoms with Crippen molar-refractivity contribution in [3.05, 3.63) is 77.6 Å². The first-order valence-corrected chi connectivity index (χ1v) is 22.5. The number of carboxylic acid groups (broad SMARTS) is 1. The van der Waals surface area contributed by atoms with Crippen LogP contribution in [0.1, 0.15) is 24.5 Å². The number of rotatable bonds is 17. The van der Waals surface area contributed by atoms with Crippen molar-refractivity contribution in [1.29, 1.82) is 0 Å². The first-order valence-electron chi connectivity index (χ1n) is 22.5. The molecule has 4 fully saturated rings. The number of aromatic hydroxyl groups is 1. The van der Waals surface area contributed by atoms with E-state index in [2.05, 4.69) is 0 Å². The molecule has 7 rings (SSSR count). The van der Waals surface area contributed by atoms with Crippen molar-refractivity contribution in [2.45, 2.75) is 118 Å². The quantitative estimate of drug-likeness (QED) is 0.0314. The molecule has 3 saturated heterocycles. The van der Waals surface area contributed by atoms with Crippen LogP contribution >= 0.6 is 0 Å². The zero-order chi connectivity index (χ0) is 52.1. The number of ether oxygens (including phenoxy) is 8. The number of aliphatic hydroxyl groups excluding tert-OH is 11. The Hall–Kier alpha value is -5.37. The molecule has 0 radical (unpaired) electrons. The molecule has 396 valence electrons. The molecule has 0 bridgehead atoms. The summed E-state index contributed by atoms with van der Waals surface area (Å²) in [5.41, 5.74) is 0.588. The van der Waals surface area contributed by atoms with Gasteiger partial charge in [0.2, 0.25) is 18.9 Å². The van der Waals surface area contributed by atoms with E-state index < -0.39 is 166 Å². The molecule has 1 aliphatic carbocycles. The van der Waals surface area contributed by atoms with Crippen LogP contribution in [0.15, 0.2) is 66.5 Å². The second-order valence-electron chi connectivity index (χ2n) is 17.6. The third kappa shape index (κ3) is 12.2. The standard InChI is InChI=1S/C46H56O26/c1-18-26(66-30(50)10-5-19-2-7-21(8-3-19)65-44-39(58)36(55)33(52)27(14-47)68-44)13-22-23(42(61)62)16-63-43(32(18)22)71-46-41(60)38(57)35(54)29(70-46)17-64-72-31(51)11-6-20-4-9-25(24(49)12-20)67-45-40(59)37(56)34(53)28(15-48)69-45/h2-12,16,18,22,26-29,32-41,43-49,52-60H,13-15,17H2,1H3,(H,61,62)/b10-5+,11-6+/t18-,22+,26-,27+,28+,29+,32+,33+,34+,35+,36-,37-,38-,39+,40+,41+,43-,44+,45+,46-/m0/s1. The van der Waals surface area contributed by atoms with Crippen LogP contribution in [-0.2, 0) is 52.6 Å². The lowest BCUT2D eigenvalue weighted by molar-refractivity contribution is -0.359. The van der Waals surface area contributed by atoms with Crippen molar-refractivity contribution >= 4 is 30.1 Å². The Labute approximate surface area is 408 Å². The molecule has 5 aliphatic rings. The van der Waals surface area contributed by atoms with Crippen molar-refractivity contribution in [3.63, 3.8) is 0 Å². The lowest BCUT2D eigenvalue weighted by Gasteiger charge is -2.43. The minimum absolute atomic E-state index is 0.0227. The molecule has 0 spiro atoms. The van der Waals surface area contributed by atoms with E-state index in [1.54, 1.807) is 19.1 Å². The van der Waals surface area contributed by atoms with Gasteiger partial charge in [-0.1, -0.05) is 25.1 Å². The molecular formula is C46H56O26. The first-order chi connectivity index (χ1) is 34.3. The van der Waals surface area contributed by atoms with Crippen LogP contribution in [0.5, 0.6) is 17.2 Å². The molecule has 20 atom stereocenters. The summed E-state index contributed by atoms with van der Waals surface area (Å²) < 4.78 is 44.7. The Kier molecular flexibility index (Phi) is 17.9. The molecule has 26 nitrogen and oxygen atoms in total. The maximum atomic E-state index is 13.1. The zero-order valence-electron chi connectivity index (χ0n) is 37.9. The first kappa shape index (κ1) is 54.4. The summed E-state index contributed by atoms with van der Waals surface area (Å²) >= 11 is 0. The molecule has 2 aromatic carbocycles. The Morgan fingerprint density at radius 2 is 1.19 bits per heavy atom. The predicted molar refractivity (Wildman–Crippen MR) is 232 cm³/mol. The maximum Gasteiger partial charge on any atom is 0.365 e. The van der Waals surface area contributed by atoms with E-state index in [9.17, 15) is 80.8 Å². The summed E-state index contributed by atoms with van der Waals surface area (Å²) in [6, 6.07) is 9.82. The fraction of sp³-hybridized carbons (Fsp3) is 0.543. The summed E-state index contributed by atoms with van der Waals surface area (Å²) in [4.78, 5) is 47.5. The van der Waals surface area contributed by atoms with E-state index in [-0.39, 0.29) is 29.1 Å². The lowest BCUT2D eigenvalue weighted by atomic mass is 9.83. The third-order valence-electron chi connectivity index (χ3n) is 12.9. The molecule has 0 amide bonds. The molecule has 0 unspecified atom stereocenters. The van der Waals surface area contributed by atoms with E-state index in [0.29, 0.717) is 5.56 Å². The number of fused-ring (bicyclic) bond motifs is 1. The number of phenols is 1. The summed E-state index contributed by atoms with van der Waals surface area (Å²) in [5, 5.41) is 132.